The van der Waals surface area contributed by atoms with Crippen molar-refractivity contribution >= 4 is 5.78 Å². The number of ketones is 1. The Morgan fingerprint density at radius 1 is 1.00 bits per heavy atom. The Balaban J connectivity index is 1.86. The van der Waals surface area contributed by atoms with Crippen molar-refractivity contribution in [3.05, 3.63) is 60.2 Å². The number of benzene rings is 2. The summed E-state index contributed by atoms with van der Waals surface area (Å²) in [5, 5.41) is 0. The molecule has 0 saturated heterocycles. The highest BCUT2D eigenvalue weighted by atomic mass is 16.1. The van der Waals surface area contributed by atoms with Gasteiger partial charge in [-0.15, -0.1) is 0 Å². The van der Waals surface area contributed by atoms with E-state index in [2.05, 4.69) is 62.4 Å². The number of hydrogen-bond donors (Lipinski definition) is 0. The molecule has 0 amide bonds. The van der Waals surface area contributed by atoms with Crippen LogP contribution in [0.25, 0.3) is 11.1 Å². The summed E-state index contributed by atoms with van der Waals surface area (Å²) < 4.78 is 0. The average molecular weight is 264 g/mol. The summed E-state index contributed by atoms with van der Waals surface area (Å²) in [7, 11) is 0. The third-order valence-electron chi connectivity index (χ3n) is 4.95. The molecule has 3 rings (SSSR count). The zero-order valence-corrected chi connectivity index (χ0v) is 12.1. The van der Waals surface area contributed by atoms with Gasteiger partial charge in [-0.2, -0.15) is 0 Å². The Bertz CT molecular complexity index is 612. The Labute approximate surface area is 120 Å². The summed E-state index contributed by atoms with van der Waals surface area (Å²) in [5.74, 6) is 0.807. The maximum Gasteiger partial charge on any atom is 0.140 e. The molecular formula is C19H20O. The fraction of sp³-hybridized carbons (Fsp3) is 0.316. The molecule has 1 saturated carbocycles. The second-order valence-electron chi connectivity index (χ2n) is 5.94. The van der Waals surface area contributed by atoms with Crippen LogP contribution in [-0.4, -0.2) is 5.78 Å². The van der Waals surface area contributed by atoms with E-state index in [0.29, 0.717) is 18.1 Å². The van der Waals surface area contributed by atoms with E-state index in [1.165, 1.54) is 16.7 Å². The molecule has 0 aliphatic heterocycles. The van der Waals surface area contributed by atoms with Gasteiger partial charge >= 0.3 is 0 Å². The molecule has 2 atom stereocenters. The van der Waals surface area contributed by atoms with Crippen molar-refractivity contribution in [3.8, 4) is 11.1 Å². The van der Waals surface area contributed by atoms with Gasteiger partial charge in [0.05, 0.1) is 0 Å². The smallest absolute Gasteiger partial charge is 0.140 e. The first kappa shape index (κ1) is 13.1. The van der Waals surface area contributed by atoms with Crippen LogP contribution in [0.4, 0.5) is 0 Å². The maximum atomic E-state index is 11.9. The molecule has 20 heavy (non-hydrogen) atoms. The van der Waals surface area contributed by atoms with Crippen molar-refractivity contribution in [1.82, 2.24) is 0 Å². The summed E-state index contributed by atoms with van der Waals surface area (Å²) in [6, 6.07) is 19.1. The van der Waals surface area contributed by atoms with E-state index >= 15 is 0 Å². The largest absolute Gasteiger partial charge is 0.299 e. The normalized spacial score (nSPS) is 25.3. The molecule has 0 radical (unpaired) electrons. The quantitative estimate of drug-likeness (QED) is 0.776. The number of carbonyl (C=O) groups excluding carboxylic acids is 1. The van der Waals surface area contributed by atoms with Crippen molar-refractivity contribution in [3.63, 3.8) is 0 Å². The van der Waals surface area contributed by atoms with Crippen LogP contribution >= 0.6 is 0 Å². The molecular weight excluding hydrogens is 244 g/mol. The van der Waals surface area contributed by atoms with E-state index in [-0.39, 0.29) is 5.41 Å². The van der Waals surface area contributed by atoms with Gasteiger partial charge in [-0.25, -0.2) is 0 Å². The van der Waals surface area contributed by atoms with E-state index in [9.17, 15) is 4.79 Å². The Hall–Kier alpha value is -1.89. The van der Waals surface area contributed by atoms with Crippen molar-refractivity contribution in [2.75, 3.05) is 0 Å². The predicted octanol–water partition coefficient (Wildman–Crippen LogP) is 4.83. The number of Topliss-reactive ketones (excluding diaryl/α,β-unsaturated/α-hetero) is 1. The van der Waals surface area contributed by atoms with Gasteiger partial charge in [0.25, 0.3) is 0 Å². The standard InChI is InChI=1S/C19H20O/c1-3-19(2)17(13-18(19)20)16-11-9-15(10-12-16)14-7-5-4-6-8-14/h4-12,17H,3,13H2,1-2H3. The lowest BCUT2D eigenvalue weighted by molar-refractivity contribution is -0.139. The molecule has 1 nitrogen and oxygen atoms in total. The fourth-order valence-electron chi connectivity index (χ4n) is 3.17. The van der Waals surface area contributed by atoms with Gasteiger partial charge in [0.15, 0.2) is 0 Å². The number of hydrogen-bond acceptors (Lipinski definition) is 1. The number of rotatable bonds is 3. The van der Waals surface area contributed by atoms with E-state index in [4.69, 9.17) is 0 Å². The lowest BCUT2D eigenvalue weighted by Gasteiger charge is -2.45. The summed E-state index contributed by atoms with van der Waals surface area (Å²) >= 11 is 0. The van der Waals surface area contributed by atoms with Gasteiger partial charge in [-0.3, -0.25) is 4.79 Å². The third kappa shape index (κ3) is 1.98. The SMILES string of the molecule is CCC1(C)C(=O)CC1c1ccc(-c2ccccc2)cc1. The van der Waals surface area contributed by atoms with E-state index in [1.54, 1.807) is 0 Å². The fourth-order valence-corrected chi connectivity index (χ4v) is 3.17. The van der Waals surface area contributed by atoms with Gasteiger partial charge in [0.2, 0.25) is 0 Å². The van der Waals surface area contributed by atoms with Crippen LogP contribution in [0.15, 0.2) is 54.6 Å². The monoisotopic (exact) mass is 264 g/mol. The minimum atomic E-state index is -0.145. The van der Waals surface area contributed by atoms with Crippen LogP contribution in [0.3, 0.4) is 0 Å². The average Bonchev–Trinajstić information content (AvgIpc) is 2.52. The summed E-state index contributed by atoms with van der Waals surface area (Å²) in [6.07, 6.45) is 1.63. The Morgan fingerprint density at radius 2 is 1.60 bits per heavy atom. The first-order chi connectivity index (χ1) is 9.65. The highest BCUT2D eigenvalue weighted by Gasteiger charge is 2.49. The van der Waals surface area contributed by atoms with Crippen molar-refractivity contribution in [1.29, 1.82) is 0 Å². The molecule has 2 aromatic rings. The number of carbonyl (C=O) groups is 1. The Kier molecular flexibility index (Phi) is 3.21. The Morgan fingerprint density at radius 3 is 2.15 bits per heavy atom. The zero-order chi connectivity index (χ0) is 14.2. The van der Waals surface area contributed by atoms with Crippen LogP contribution in [0.2, 0.25) is 0 Å². The zero-order valence-electron chi connectivity index (χ0n) is 12.1. The molecule has 0 spiro atoms. The summed E-state index contributed by atoms with van der Waals surface area (Å²) in [6.45, 7) is 4.22. The van der Waals surface area contributed by atoms with E-state index in [1.807, 2.05) is 6.07 Å². The second-order valence-corrected chi connectivity index (χ2v) is 5.94. The van der Waals surface area contributed by atoms with E-state index in [0.717, 1.165) is 6.42 Å². The minimum Gasteiger partial charge on any atom is -0.299 e. The first-order valence-corrected chi connectivity index (χ1v) is 7.34. The highest BCUT2D eigenvalue weighted by Crippen LogP contribution is 2.51. The van der Waals surface area contributed by atoms with Crippen molar-refractivity contribution in [2.45, 2.75) is 32.6 Å². The predicted molar refractivity (Wildman–Crippen MR) is 82.6 cm³/mol. The molecule has 0 bridgehead atoms. The van der Waals surface area contributed by atoms with Crippen molar-refractivity contribution < 1.29 is 4.79 Å². The lowest BCUT2D eigenvalue weighted by Crippen LogP contribution is -2.45. The molecule has 102 valence electrons. The molecule has 0 heterocycles. The van der Waals surface area contributed by atoms with Crippen LogP contribution in [0.5, 0.6) is 0 Å². The van der Waals surface area contributed by atoms with Gasteiger partial charge in [0, 0.05) is 17.8 Å². The highest BCUT2D eigenvalue weighted by molar-refractivity contribution is 5.93. The topological polar surface area (TPSA) is 17.1 Å². The van der Waals surface area contributed by atoms with Crippen LogP contribution in [-0.2, 0) is 4.79 Å². The molecule has 2 aromatic carbocycles. The molecule has 2 unspecified atom stereocenters. The van der Waals surface area contributed by atoms with Gasteiger partial charge in [0.1, 0.15) is 5.78 Å². The minimum absolute atomic E-state index is 0.145. The molecule has 1 heteroatoms. The van der Waals surface area contributed by atoms with Gasteiger partial charge < -0.3 is 0 Å². The summed E-state index contributed by atoms with van der Waals surface area (Å²) in [4.78, 5) is 11.9. The molecule has 0 N–H and O–H groups in total. The van der Waals surface area contributed by atoms with Crippen LogP contribution in [0.1, 0.15) is 38.2 Å². The molecule has 1 aliphatic rings. The van der Waals surface area contributed by atoms with Crippen molar-refractivity contribution in [2.24, 2.45) is 5.41 Å². The maximum absolute atomic E-state index is 11.9. The van der Waals surface area contributed by atoms with Gasteiger partial charge in [-0.05, 0) is 23.1 Å². The van der Waals surface area contributed by atoms with Gasteiger partial charge in [-0.1, -0.05) is 68.4 Å². The molecule has 1 fully saturated rings. The summed E-state index contributed by atoms with van der Waals surface area (Å²) in [5.41, 5.74) is 3.63. The second kappa shape index (κ2) is 4.90. The molecule has 0 aromatic heterocycles. The molecule has 1 aliphatic carbocycles. The van der Waals surface area contributed by atoms with Crippen LogP contribution < -0.4 is 0 Å². The third-order valence-corrected chi connectivity index (χ3v) is 4.95. The lowest BCUT2D eigenvalue weighted by atomic mass is 9.56. The first-order valence-electron chi connectivity index (χ1n) is 7.34. The van der Waals surface area contributed by atoms with Crippen LogP contribution in [0, 0.1) is 5.41 Å². The van der Waals surface area contributed by atoms with E-state index < -0.39 is 0 Å².